The Bertz CT molecular complexity index is 465. The number of rotatable bonds is 4. The second-order valence-electron chi connectivity index (χ2n) is 6.12. The first-order valence-corrected chi connectivity index (χ1v) is 7.38. The molecule has 0 aromatic heterocycles. The van der Waals surface area contributed by atoms with Crippen molar-refractivity contribution in [3.63, 3.8) is 0 Å². The zero-order chi connectivity index (χ0) is 14.0. The summed E-state index contributed by atoms with van der Waals surface area (Å²) >= 11 is 0. The highest BCUT2D eigenvalue weighted by atomic mass is 16.5. The minimum absolute atomic E-state index is 0.0853. The Morgan fingerprint density at radius 1 is 1.40 bits per heavy atom. The van der Waals surface area contributed by atoms with E-state index in [9.17, 15) is 5.11 Å². The minimum Gasteiger partial charge on any atom is -0.493 e. The van der Waals surface area contributed by atoms with Gasteiger partial charge in [-0.1, -0.05) is 12.1 Å². The van der Waals surface area contributed by atoms with Gasteiger partial charge >= 0.3 is 0 Å². The van der Waals surface area contributed by atoms with Gasteiger partial charge in [0.25, 0.3) is 0 Å². The number of ether oxygens (including phenoxy) is 2. The van der Waals surface area contributed by atoms with Crippen LogP contribution in [-0.4, -0.2) is 38.1 Å². The van der Waals surface area contributed by atoms with Crippen LogP contribution in [0, 0.1) is 12.3 Å². The predicted molar refractivity (Wildman–Crippen MR) is 77.0 cm³/mol. The lowest BCUT2D eigenvalue weighted by molar-refractivity contribution is -0.135. The SMILES string of the molecule is Cc1ccc2c(c1)OCCCC2NCC1(CO)COC1. The second-order valence-corrected chi connectivity index (χ2v) is 6.12. The molecule has 1 aromatic rings. The standard InChI is InChI=1S/C16H23NO3/c1-12-4-5-13-14(3-2-6-20-15(13)7-12)17-8-16(9-18)10-19-11-16/h4-5,7,14,17-18H,2-3,6,8-11H2,1H3. The molecule has 1 atom stereocenters. The van der Waals surface area contributed by atoms with E-state index in [1.165, 1.54) is 11.1 Å². The van der Waals surface area contributed by atoms with Crippen LogP contribution in [-0.2, 0) is 4.74 Å². The summed E-state index contributed by atoms with van der Waals surface area (Å²) in [5.41, 5.74) is 2.38. The molecule has 2 heterocycles. The number of aliphatic hydroxyl groups is 1. The smallest absolute Gasteiger partial charge is 0.124 e. The van der Waals surface area contributed by atoms with E-state index >= 15 is 0 Å². The third-order valence-corrected chi connectivity index (χ3v) is 4.31. The Labute approximate surface area is 120 Å². The third-order valence-electron chi connectivity index (χ3n) is 4.31. The fourth-order valence-electron chi connectivity index (χ4n) is 2.87. The quantitative estimate of drug-likeness (QED) is 0.881. The van der Waals surface area contributed by atoms with Crippen molar-refractivity contribution in [2.45, 2.75) is 25.8 Å². The zero-order valence-electron chi connectivity index (χ0n) is 12.0. The largest absolute Gasteiger partial charge is 0.493 e. The number of fused-ring (bicyclic) bond motifs is 1. The molecule has 3 rings (SSSR count). The van der Waals surface area contributed by atoms with E-state index in [-0.39, 0.29) is 12.0 Å². The molecule has 4 heteroatoms. The van der Waals surface area contributed by atoms with Gasteiger partial charge < -0.3 is 19.9 Å². The lowest BCUT2D eigenvalue weighted by Crippen LogP contribution is -2.52. The molecule has 4 nitrogen and oxygen atoms in total. The van der Waals surface area contributed by atoms with Crippen molar-refractivity contribution in [3.8, 4) is 5.75 Å². The summed E-state index contributed by atoms with van der Waals surface area (Å²) in [6, 6.07) is 6.72. The van der Waals surface area contributed by atoms with E-state index in [1.54, 1.807) is 0 Å². The molecule has 0 spiro atoms. The molecule has 2 aliphatic heterocycles. The van der Waals surface area contributed by atoms with Crippen molar-refractivity contribution in [2.75, 3.05) is 33.0 Å². The Morgan fingerprint density at radius 2 is 2.25 bits per heavy atom. The number of aryl methyl sites for hydroxylation is 1. The summed E-state index contributed by atoms with van der Waals surface area (Å²) < 4.78 is 11.1. The molecule has 0 aliphatic carbocycles. The summed E-state index contributed by atoms with van der Waals surface area (Å²) in [5.74, 6) is 1.00. The van der Waals surface area contributed by atoms with Gasteiger partial charge in [-0.2, -0.15) is 0 Å². The first-order valence-electron chi connectivity index (χ1n) is 7.38. The van der Waals surface area contributed by atoms with Crippen LogP contribution in [0.15, 0.2) is 18.2 Å². The summed E-state index contributed by atoms with van der Waals surface area (Å²) in [5, 5.41) is 13.1. The van der Waals surface area contributed by atoms with Crippen LogP contribution in [0.4, 0.5) is 0 Å². The molecular weight excluding hydrogens is 254 g/mol. The van der Waals surface area contributed by atoms with E-state index in [4.69, 9.17) is 9.47 Å². The van der Waals surface area contributed by atoms with Crippen LogP contribution in [0.1, 0.15) is 30.0 Å². The molecule has 20 heavy (non-hydrogen) atoms. The van der Waals surface area contributed by atoms with Gasteiger partial charge in [0.15, 0.2) is 0 Å². The Morgan fingerprint density at radius 3 is 2.95 bits per heavy atom. The molecule has 110 valence electrons. The molecule has 1 saturated heterocycles. The summed E-state index contributed by atoms with van der Waals surface area (Å²) in [6.45, 7) is 5.15. The van der Waals surface area contributed by atoms with Gasteiger partial charge in [-0.05, 0) is 31.4 Å². The van der Waals surface area contributed by atoms with Crippen molar-refractivity contribution in [3.05, 3.63) is 29.3 Å². The van der Waals surface area contributed by atoms with Crippen molar-refractivity contribution >= 4 is 0 Å². The monoisotopic (exact) mass is 277 g/mol. The van der Waals surface area contributed by atoms with E-state index < -0.39 is 0 Å². The van der Waals surface area contributed by atoms with Crippen LogP contribution in [0.25, 0.3) is 0 Å². The van der Waals surface area contributed by atoms with Crippen LogP contribution < -0.4 is 10.1 Å². The molecule has 0 saturated carbocycles. The van der Waals surface area contributed by atoms with E-state index in [1.807, 2.05) is 0 Å². The minimum atomic E-state index is -0.0853. The number of hydrogen-bond donors (Lipinski definition) is 2. The Balaban J connectivity index is 1.73. The van der Waals surface area contributed by atoms with E-state index in [0.717, 1.165) is 31.7 Å². The van der Waals surface area contributed by atoms with Crippen LogP contribution in [0.2, 0.25) is 0 Å². The van der Waals surface area contributed by atoms with Gasteiger partial charge in [0.2, 0.25) is 0 Å². The molecule has 1 aromatic carbocycles. The molecule has 1 unspecified atom stereocenters. The van der Waals surface area contributed by atoms with E-state index in [2.05, 4.69) is 30.4 Å². The van der Waals surface area contributed by atoms with Crippen molar-refractivity contribution in [1.29, 1.82) is 0 Å². The first-order chi connectivity index (χ1) is 9.72. The van der Waals surface area contributed by atoms with Gasteiger partial charge in [0, 0.05) is 18.2 Å². The second kappa shape index (κ2) is 5.72. The molecule has 2 N–H and O–H groups in total. The summed E-state index contributed by atoms with van der Waals surface area (Å²) in [7, 11) is 0. The maximum Gasteiger partial charge on any atom is 0.124 e. The fraction of sp³-hybridized carbons (Fsp3) is 0.625. The highest BCUT2D eigenvalue weighted by Crippen LogP contribution is 2.34. The fourth-order valence-corrected chi connectivity index (χ4v) is 2.87. The summed E-state index contributed by atoms with van der Waals surface area (Å²) in [4.78, 5) is 0. The van der Waals surface area contributed by atoms with Gasteiger partial charge in [0.05, 0.1) is 31.8 Å². The van der Waals surface area contributed by atoms with Crippen molar-refractivity contribution in [2.24, 2.45) is 5.41 Å². The number of hydrogen-bond acceptors (Lipinski definition) is 4. The van der Waals surface area contributed by atoms with Gasteiger partial charge in [-0.3, -0.25) is 0 Å². The number of benzene rings is 1. The number of aliphatic hydroxyl groups excluding tert-OH is 1. The van der Waals surface area contributed by atoms with Crippen molar-refractivity contribution < 1.29 is 14.6 Å². The van der Waals surface area contributed by atoms with E-state index in [0.29, 0.717) is 19.3 Å². The number of nitrogens with one attached hydrogen (secondary N) is 1. The Kier molecular flexibility index (Phi) is 3.96. The maximum atomic E-state index is 9.51. The first kappa shape index (κ1) is 13.9. The topological polar surface area (TPSA) is 50.7 Å². The molecule has 2 aliphatic rings. The van der Waals surface area contributed by atoms with Crippen molar-refractivity contribution in [1.82, 2.24) is 5.32 Å². The average Bonchev–Trinajstić information content (AvgIpc) is 2.60. The van der Waals surface area contributed by atoms with Gasteiger partial charge in [0.1, 0.15) is 5.75 Å². The Hall–Kier alpha value is -1.10. The molecular formula is C16H23NO3. The zero-order valence-corrected chi connectivity index (χ0v) is 12.0. The van der Waals surface area contributed by atoms with Crippen LogP contribution in [0.5, 0.6) is 5.75 Å². The highest BCUT2D eigenvalue weighted by Gasteiger charge is 2.38. The molecule has 0 radical (unpaired) electrons. The van der Waals surface area contributed by atoms with Crippen LogP contribution in [0.3, 0.4) is 0 Å². The predicted octanol–water partition coefficient (Wildman–Crippen LogP) is 1.81. The normalized spacial score (nSPS) is 24.2. The highest BCUT2D eigenvalue weighted by molar-refractivity contribution is 5.40. The molecule has 1 fully saturated rings. The molecule has 0 bridgehead atoms. The maximum absolute atomic E-state index is 9.51. The van der Waals surface area contributed by atoms with Gasteiger partial charge in [-0.25, -0.2) is 0 Å². The summed E-state index contributed by atoms with van der Waals surface area (Å²) in [6.07, 6.45) is 2.12. The molecule has 0 amide bonds. The lowest BCUT2D eigenvalue weighted by atomic mass is 9.86. The average molecular weight is 277 g/mol. The van der Waals surface area contributed by atoms with Crippen LogP contribution >= 0.6 is 0 Å². The third kappa shape index (κ3) is 2.68. The van der Waals surface area contributed by atoms with Gasteiger partial charge in [-0.15, -0.1) is 0 Å². The lowest BCUT2D eigenvalue weighted by Gasteiger charge is -2.41.